The van der Waals surface area contributed by atoms with Gasteiger partial charge in [0.25, 0.3) is 0 Å². The molecule has 0 fully saturated rings. The number of unbranched alkanes of at least 4 members (excludes halogenated alkanes) is 4. The fourth-order valence-corrected chi connectivity index (χ4v) is 1.95. The van der Waals surface area contributed by atoms with Gasteiger partial charge in [0.15, 0.2) is 11.5 Å². The molecule has 122 valence electrons. The summed E-state index contributed by atoms with van der Waals surface area (Å²) in [5, 5.41) is 0. The lowest BCUT2D eigenvalue weighted by Gasteiger charge is -2.11. The highest BCUT2D eigenvalue weighted by atomic mass is 16.6. The Balaban J connectivity index is 2.60. The first-order valence-corrected chi connectivity index (χ1v) is 7.66. The zero-order valence-corrected chi connectivity index (χ0v) is 13.5. The van der Waals surface area contributed by atoms with Crippen molar-refractivity contribution >= 4 is 11.9 Å². The third-order valence-electron chi connectivity index (χ3n) is 2.94. The van der Waals surface area contributed by atoms with E-state index in [1.54, 1.807) is 18.2 Å². The van der Waals surface area contributed by atoms with Gasteiger partial charge in [-0.3, -0.25) is 9.59 Å². The van der Waals surface area contributed by atoms with Gasteiger partial charge in [0, 0.05) is 19.9 Å². The van der Waals surface area contributed by atoms with Gasteiger partial charge >= 0.3 is 11.9 Å². The first kappa shape index (κ1) is 18.0. The summed E-state index contributed by atoms with van der Waals surface area (Å²) < 4.78 is 15.7. The number of carbonyl (C=O) groups excluding carboxylic acids is 2. The summed E-state index contributed by atoms with van der Waals surface area (Å²) >= 11 is 0. The number of ether oxygens (including phenoxy) is 3. The van der Waals surface area contributed by atoms with Gasteiger partial charge in [-0.1, -0.05) is 32.6 Å². The molecule has 0 atom stereocenters. The van der Waals surface area contributed by atoms with Crippen LogP contribution in [0, 0.1) is 0 Å². The third kappa shape index (κ3) is 7.11. The van der Waals surface area contributed by atoms with Crippen LogP contribution < -0.4 is 14.2 Å². The Morgan fingerprint density at radius 3 is 2.18 bits per heavy atom. The molecule has 0 saturated heterocycles. The van der Waals surface area contributed by atoms with Crippen molar-refractivity contribution in [1.82, 2.24) is 0 Å². The molecule has 1 aromatic carbocycles. The van der Waals surface area contributed by atoms with Crippen LogP contribution in [0.5, 0.6) is 17.2 Å². The van der Waals surface area contributed by atoms with Crippen LogP contribution in [-0.4, -0.2) is 18.5 Å². The molecule has 0 radical (unpaired) electrons. The smallest absolute Gasteiger partial charge is 0.308 e. The van der Waals surface area contributed by atoms with Gasteiger partial charge in [0.05, 0.1) is 6.61 Å². The highest BCUT2D eigenvalue weighted by Gasteiger charge is 2.11. The van der Waals surface area contributed by atoms with E-state index in [0.717, 1.165) is 12.8 Å². The van der Waals surface area contributed by atoms with Gasteiger partial charge in [-0.05, 0) is 18.6 Å². The Morgan fingerprint density at radius 1 is 0.909 bits per heavy atom. The van der Waals surface area contributed by atoms with Crippen LogP contribution in [0.15, 0.2) is 18.2 Å². The van der Waals surface area contributed by atoms with E-state index in [1.807, 2.05) is 0 Å². The van der Waals surface area contributed by atoms with Crippen molar-refractivity contribution < 1.29 is 23.8 Å². The zero-order valence-electron chi connectivity index (χ0n) is 13.5. The van der Waals surface area contributed by atoms with Crippen LogP contribution in [0.1, 0.15) is 52.9 Å². The van der Waals surface area contributed by atoms with Gasteiger partial charge in [0.2, 0.25) is 0 Å². The van der Waals surface area contributed by atoms with Crippen molar-refractivity contribution in [2.45, 2.75) is 52.9 Å². The summed E-state index contributed by atoms with van der Waals surface area (Å²) in [7, 11) is 0. The van der Waals surface area contributed by atoms with Crippen LogP contribution >= 0.6 is 0 Å². The second-order valence-corrected chi connectivity index (χ2v) is 5.06. The average molecular weight is 308 g/mol. The average Bonchev–Trinajstić information content (AvgIpc) is 2.44. The number of esters is 2. The maximum Gasteiger partial charge on any atom is 0.308 e. The maximum atomic E-state index is 11.1. The first-order chi connectivity index (χ1) is 10.5. The first-order valence-electron chi connectivity index (χ1n) is 7.66. The SMILES string of the molecule is CCCCCCCOc1ccc(OC(C)=O)c(OC(C)=O)c1. The van der Waals surface area contributed by atoms with E-state index >= 15 is 0 Å². The van der Waals surface area contributed by atoms with Crippen molar-refractivity contribution in [3.63, 3.8) is 0 Å². The van der Waals surface area contributed by atoms with E-state index in [1.165, 1.54) is 33.1 Å². The van der Waals surface area contributed by atoms with E-state index in [9.17, 15) is 9.59 Å². The van der Waals surface area contributed by atoms with E-state index in [4.69, 9.17) is 14.2 Å². The minimum atomic E-state index is -0.481. The van der Waals surface area contributed by atoms with Crippen molar-refractivity contribution in [2.75, 3.05) is 6.61 Å². The molecule has 5 nitrogen and oxygen atoms in total. The predicted octanol–water partition coefficient (Wildman–Crippen LogP) is 3.89. The molecule has 0 aliphatic heterocycles. The monoisotopic (exact) mass is 308 g/mol. The molecule has 1 rings (SSSR count). The molecule has 0 unspecified atom stereocenters. The summed E-state index contributed by atoms with van der Waals surface area (Å²) in [5.41, 5.74) is 0. The summed E-state index contributed by atoms with van der Waals surface area (Å²) in [5.74, 6) is 0.0231. The van der Waals surface area contributed by atoms with E-state index in [0.29, 0.717) is 12.4 Å². The van der Waals surface area contributed by atoms with Gasteiger partial charge in [0.1, 0.15) is 5.75 Å². The lowest BCUT2D eigenvalue weighted by molar-refractivity contribution is -0.134. The fraction of sp³-hybridized carbons (Fsp3) is 0.529. The number of benzene rings is 1. The molecule has 1 aromatic rings. The van der Waals surface area contributed by atoms with Crippen LogP contribution in [-0.2, 0) is 9.59 Å². The van der Waals surface area contributed by atoms with E-state index in [2.05, 4.69) is 6.92 Å². The largest absolute Gasteiger partial charge is 0.493 e. The maximum absolute atomic E-state index is 11.1. The third-order valence-corrected chi connectivity index (χ3v) is 2.94. The van der Waals surface area contributed by atoms with Crippen molar-refractivity contribution in [3.8, 4) is 17.2 Å². The fourth-order valence-electron chi connectivity index (χ4n) is 1.95. The van der Waals surface area contributed by atoms with Crippen LogP contribution in [0.2, 0.25) is 0 Å². The molecular formula is C17H24O5. The molecule has 0 saturated carbocycles. The molecule has 0 aliphatic rings. The van der Waals surface area contributed by atoms with Crippen LogP contribution in [0.4, 0.5) is 0 Å². The van der Waals surface area contributed by atoms with Crippen LogP contribution in [0.3, 0.4) is 0 Å². The molecule has 0 aliphatic carbocycles. The summed E-state index contributed by atoms with van der Waals surface area (Å²) in [4.78, 5) is 22.2. The molecule has 5 heteroatoms. The highest BCUT2D eigenvalue weighted by Crippen LogP contribution is 2.32. The quantitative estimate of drug-likeness (QED) is 0.393. The van der Waals surface area contributed by atoms with Crippen molar-refractivity contribution in [2.24, 2.45) is 0 Å². The molecule has 0 spiro atoms. The normalized spacial score (nSPS) is 10.1. The number of hydrogen-bond acceptors (Lipinski definition) is 5. The van der Waals surface area contributed by atoms with Crippen molar-refractivity contribution in [3.05, 3.63) is 18.2 Å². The minimum absolute atomic E-state index is 0.186. The van der Waals surface area contributed by atoms with Crippen molar-refractivity contribution in [1.29, 1.82) is 0 Å². The summed E-state index contributed by atoms with van der Waals surface area (Å²) in [6.07, 6.45) is 5.78. The van der Waals surface area contributed by atoms with Gasteiger partial charge in [-0.15, -0.1) is 0 Å². The lowest BCUT2D eigenvalue weighted by Crippen LogP contribution is -2.07. The van der Waals surface area contributed by atoms with Gasteiger partial charge in [-0.25, -0.2) is 0 Å². The van der Waals surface area contributed by atoms with E-state index in [-0.39, 0.29) is 11.5 Å². The molecular weight excluding hydrogens is 284 g/mol. The minimum Gasteiger partial charge on any atom is -0.493 e. The Bertz CT molecular complexity index is 496. The molecule has 0 amide bonds. The topological polar surface area (TPSA) is 61.8 Å². The Labute approximate surface area is 131 Å². The Morgan fingerprint density at radius 2 is 1.55 bits per heavy atom. The molecule has 0 bridgehead atoms. The predicted molar refractivity (Wildman–Crippen MR) is 83.3 cm³/mol. The highest BCUT2D eigenvalue weighted by molar-refractivity contribution is 5.73. The Hall–Kier alpha value is -2.04. The molecule has 0 N–H and O–H groups in total. The standard InChI is InChI=1S/C17H24O5/c1-4-5-6-7-8-11-20-15-9-10-16(21-13(2)18)17(12-15)22-14(3)19/h9-10,12H,4-8,11H2,1-3H3. The molecule has 0 heterocycles. The van der Waals surface area contributed by atoms with E-state index < -0.39 is 11.9 Å². The molecule has 0 aromatic heterocycles. The number of rotatable bonds is 9. The second kappa shape index (κ2) is 9.82. The van der Waals surface area contributed by atoms with Gasteiger partial charge in [-0.2, -0.15) is 0 Å². The number of carbonyl (C=O) groups is 2. The summed E-state index contributed by atoms with van der Waals surface area (Å²) in [6, 6.07) is 4.81. The van der Waals surface area contributed by atoms with Crippen LogP contribution in [0.25, 0.3) is 0 Å². The second-order valence-electron chi connectivity index (χ2n) is 5.06. The number of hydrogen-bond donors (Lipinski definition) is 0. The summed E-state index contributed by atoms with van der Waals surface area (Å²) in [6.45, 7) is 5.37. The van der Waals surface area contributed by atoms with Gasteiger partial charge < -0.3 is 14.2 Å². The Kier molecular flexibility index (Phi) is 8.04. The molecule has 22 heavy (non-hydrogen) atoms. The lowest BCUT2D eigenvalue weighted by atomic mass is 10.2. The zero-order chi connectivity index (χ0) is 16.4.